The fourth-order valence-electron chi connectivity index (χ4n) is 0.407. The molecule has 0 bridgehead atoms. The minimum Gasteiger partial charge on any atom is -0.361 e. The third-order valence-corrected chi connectivity index (χ3v) is 0.968. The summed E-state index contributed by atoms with van der Waals surface area (Å²) in [6, 6.07) is 0. The molecular formula is C4H6B3NO. The van der Waals surface area contributed by atoms with Gasteiger partial charge < -0.3 is 4.90 Å². The van der Waals surface area contributed by atoms with Crippen LogP contribution >= 0.6 is 0 Å². The average molecular weight is 117 g/mol. The number of hydrogen-bond acceptors (Lipinski definition) is 1. The van der Waals surface area contributed by atoms with E-state index in [0.717, 1.165) is 0 Å². The molecule has 9 heavy (non-hydrogen) atoms. The first-order chi connectivity index (χ1) is 4.26. The molecule has 0 aromatic heterocycles. The van der Waals surface area contributed by atoms with Crippen LogP contribution in [0.2, 0.25) is 6.32 Å². The summed E-state index contributed by atoms with van der Waals surface area (Å²) in [5.41, 5.74) is 0. The second-order valence-electron chi connectivity index (χ2n) is 1.50. The van der Waals surface area contributed by atoms with E-state index < -0.39 is 0 Å². The van der Waals surface area contributed by atoms with Crippen molar-refractivity contribution >= 4 is 29.4 Å². The summed E-state index contributed by atoms with van der Waals surface area (Å²) in [4.78, 5) is 11.9. The molecule has 0 aromatic rings. The van der Waals surface area contributed by atoms with Crippen molar-refractivity contribution in [2.24, 2.45) is 0 Å². The summed E-state index contributed by atoms with van der Waals surface area (Å²) in [7, 11) is 15.3. The Bertz CT molecular complexity index is 93.8. The van der Waals surface area contributed by atoms with Crippen molar-refractivity contribution in [1.29, 1.82) is 0 Å². The van der Waals surface area contributed by atoms with E-state index in [1.54, 1.807) is 0 Å². The quantitative estimate of drug-likeness (QED) is 0.418. The summed E-state index contributed by atoms with van der Waals surface area (Å²) >= 11 is 0. The Hall–Kier alpha value is -0.335. The van der Waals surface area contributed by atoms with Gasteiger partial charge in [0.15, 0.2) is 0 Å². The van der Waals surface area contributed by atoms with Gasteiger partial charge in [-0.05, 0) is 19.2 Å². The van der Waals surface area contributed by atoms with Crippen molar-refractivity contribution in [2.75, 3.05) is 12.9 Å². The molecule has 0 heterocycles. The van der Waals surface area contributed by atoms with Crippen LogP contribution in [0.4, 0.5) is 0 Å². The standard InChI is InChI=1S/C4H6B3NO/c5-1-4(9)8(2-6)3-7/h1-3H2. The van der Waals surface area contributed by atoms with Crippen LogP contribution in [0.15, 0.2) is 0 Å². The molecule has 0 aliphatic carbocycles. The normalized spacial score (nSPS) is 8.89. The summed E-state index contributed by atoms with van der Waals surface area (Å²) in [5, 5.41) is 0. The first-order valence-electron chi connectivity index (χ1n) is 2.64. The summed E-state index contributed by atoms with van der Waals surface area (Å²) in [5.74, 6) is -0.222. The Labute approximate surface area is 59.2 Å². The summed E-state index contributed by atoms with van der Waals surface area (Å²) in [6.45, 7) is 0. The number of hydrogen-bond donors (Lipinski definition) is 0. The molecule has 0 saturated carbocycles. The monoisotopic (exact) mass is 117 g/mol. The van der Waals surface area contributed by atoms with Gasteiger partial charge in [-0.15, -0.1) is 0 Å². The third kappa shape index (κ3) is 2.63. The maximum absolute atomic E-state index is 10.6. The Morgan fingerprint density at radius 3 is 1.78 bits per heavy atom. The Morgan fingerprint density at radius 2 is 1.67 bits per heavy atom. The molecule has 5 heteroatoms. The highest BCUT2D eigenvalue weighted by molar-refractivity contribution is 6.21. The van der Waals surface area contributed by atoms with Gasteiger partial charge in [-0.3, -0.25) is 4.79 Å². The molecular weight excluding hydrogens is 110 g/mol. The molecule has 2 nitrogen and oxygen atoms in total. The molecule has 6 radical (unpaired) electrons. The lowest BCUT2D eigenvalue weighted by molar-refractivity contribution is -0.127. The molecule has 42 valence electrons. The van der Waals surface area contributed by atoms with Crippen molar-refractivity contribution in [3.63, 3.8) is 0 Å². The second-order valence-corrected chi connectivity index (χ2v) is 1.50. The first-order valence-corrected chi connectivity index (χ1v) is 2.64. The molecule has 0 aromatic carbocycles. The topological polar surface area (TPSA) is 20.3 Å². The second kappa shape index (κ2) is 4.53. The number of rotatable bonds is 3. The average Bonchev–Trinajstić information content (AvgIpc) is 1.90. The molecule has 0 saturated heterocycles. The molecule has 0 unspecified atom stereocenters. The Balaban J connectivity index is 3.64. The minimum atomic E-state index is -0.222. The first kappa shape index (κ1) is 8.66. The van der Waals surface area contributed by atoms with E-state index in [1.165, 1.54) is 4.90 Å². The van der Waals surface area contributed by atoms with Crippen molar-refractivity contribution in [3.8, 4) is 0 Å². The van der Waals surface area contributed by atoms with E-state index >= 15 is 0 Å². The van der Waals surface area contributed by atoms with E-state index in [2.05, 4.69) is 0 Å². The molecule has 0 spiro atoms. The third-order valence-electron chi connectivity index (χ3n) is 0.968. The Morgan fingerprint density at radius 1 is 1.22 bits per heavy atom. The predicted molar refractivity (Wildman–Crippen MR) is 38.6 cm³/mol. The van der Waals surface area contributed by atoms with E-state index in [0.29, 0.717) is 0 Å². The molecule has 0 rings (SSSR count). The maximum atomic E-state index is 10.6. The SMILES string of the molecule is [B]CC(=O)N(C[B])C[B]. The van der Waals surface area contributed by atoms with Gasteiger partial charge in [0.25, 0.3) is 0 Å². The van der Waals surface area contributed by atoms with Crippen LogP contribution in [0, 0.1) is 0 Å². The smallest absolute Gasteiger partial charge is 0.212 e. The lowest BCUT2D eigenvalue weighted by Crippen LogP contribution is -2.32. The molecule has 1 amide bonds. The minimum absolute atomic E-state index is 0.0333. The Kier molecular flexibility index (Phi) is 4.37. The highest BCUT2D eigenvalue weighted by atomic mass is 16.2. The van der Waals surface area contributed by atoms with Crippen LogP contribution in [0.3, 0.4) is 0 Å². The van der Waals surface area contributed by atoms with Crippen LogP contribution in [-0.4, -0.2) is 47.2 Å². The van der Waals surface area contributed by atoms with E-state index in [9.17, 15) is 4.79 Å². The van der Waals surface area contributed by atoms with Gasteiger partial charge in [0.1, 0.15) is 0 Å². The zero-order valence-electron chi connectivity index (χ0n) is 5.21. The van der Waals surface area contributed by atoms with Crippen molar-refractivity contribution < 1.29 is 4.79 Å². The molecule has 0 aliphatic rings. The zero-order chi connectivity index (χ0) is 7.28. The van der Waals surface area contributed by atoms with Crippen LogP contribution in [0.5, 0.6) is 0 Å². The van der Waals surface area contributed by atoms with Gasteiger partial charge >= 0.3 is 0 Å². The van der Waals surface area contributed by atoms with Crippen LogP contribution in [0.25, 0.3) is 0 Å². The van der Waals surface area contributed by atoms with Gasteiger partial charge in [-0.1, -0.05) is 0 Å². The van der Waals surface area contributed by atoms with Gasteiger partial charge in [0.2, 0.25) is 5.91 Å². The largest absolute Gasteiger partial charge is 0.361 e. The van der Waals surface area contributed by atoms with Gasteiger partial charge in [0.05, 0.1) is 23.5 Å². The van der Waals surface area contributed by atoms with E-state index in [1.807, 2.05) is 0 Å². The maximum Gasteiger partial charge on any atom is 0.212 e. The summed E-state index contributed by atoms with van der Waals surface area (Å²) < 4.78 is 0. The van der Waals surface area contributed by atoms with Gasteiger partial charge in [-0.25, -0.2) is 0 Å². The number of nitrogens with zero attached hydrogens (tertiary/aromatic N) is 1. The molecule has 0 N–H and O–H groups in total. The summed E-state index contributed by atoms with van der Waals surface area (Å²) in [6.07, 6.45) is 0.230. The molecule has 0 fully saturated rings. The number of carbonyl (C=O) groups excluding carboxylic acids is 1. The van der Waals surface area contributed by atoms with Crippen molar-refractivity contribution in [2.45, 2.75) is 6.32 Å². The van der Waals surface area contributed by atoms with Crippen LogP contribution in [-0.2, 0) is 4.79 Å². The lowest BCUT2D eigenvalue weighted by atomic mass is 10.00. The predicted octanol–water partition coefficient (Wildman–Crippen LogP) is -1.35. The number of amides is 1. The zero-order valence-corrected chi connectivity index (χ0v) is 5.21. The fourth-order valence-corrected chi connectivity index (χ4v) is 0.407. The highest BCUT2D eigenvalue weighted by Crippen LogP contribution is 1.87. The molecule has 0 aliphatic heterocycles. The number of carbonyl (C=O) groups is 1. The van der Waals surface area contributed by atoms with Gasteiger partial charge in [0, 0.05) is 0 Å². The van der Waals surface area contributed by atoms with Crippen LogP contribution < -0.4 is 0 Å². The highest BCUT2D eigenvalue weighted by Gasteiger charge is 2.03. The van der Waals surface area contributed by atoms with Crippen molar-refractivity contribution in [3.05, 3.63) is 0 Å². The fraction of sp³-hybridized carbons (Fsp3) is 0.750. The van der Waals surface area contributed by atoms with Crippen molar-refractivity contribution in [1.82, 2.24) is 4.90 Å². The van der Waals surface area contributed by atoms with E-state index in [-0.39, 0.29) is 25.1 Å². The van der Waals surface area contributed by atoms with Gasteiger partial charge in [-0.2, -0.15) is 0 Å². The molecule has 0 atom stereocenters. The lowest BCUT2D eigenvalue weighted by Gasteiger charge is -2.17. The van der Waals surface area contributed by atoms with E-state index in [4.69, 9.17) is 23.5 Å². The van der Waals surface area contributed by atoms with Crippen LogP contribution in [0.1, 0.15) is 0 Å².